The Morgan fingerprint density at radius 2 is 1.69 bits per heavy atom. The van der Waals surface area contributed by atoms with Crippen molar-refractivity contribution in [1.29, 1.82) is 0 Å². The Morgan fingerprint density at radius 1 is 0.897 bits per heavy atom. The third-order valence-corrected chi connectivity index (χ3v) is 5.25. The number of aromatic nitrogens is 2. The Labute approximate surface area is 178 Å². The van der Waals surface area contributed by atoms with Crippen LogP contribution in [0, 0.1) is 13.8 Å². The van der Waals surface area contributed by atoms with Gasteiger partial charge in [0.2, 0.25) is 0 Å². The molecule has 0 aliphatic rings. The zero-order valence-electron chi connectivity index (χ0n) is 15.8. The van der Waals surface area contributed by atoms with Crippen molar-refractivity contribution in [2.24, 2.45) is 0 Å². The minimum absolute atomic E-state index is 0.248. The summed E-state index contributed by atoms with van der Waals surface area (Å²) in [5.41, 5.74) is 4.53. The maximum absolute atomic E-state index is 13.1. The monoisotopic (exact) mass is 421 g/mol. The number of hydrogen-bond acceptors (Lipinski definition) is 3. The van der Waals surface area contributed by atoms with Crippen molar-refractivity contribution in [3.8, 4) is 11.3 Å². The molecule has 1 N–H and O–H groups in total. The Hall–Kier alpha value is -2.95. The van der Waals surface area contributed by atoms with Crippen molar-refractivity contribution >= 4 is 45.8 Å². The van der Waals surface area contributed by atoms with Crippen LogP contribution in [-0.2, 0) is 0 Å². The highest BCUT2D eigenvalue weighted by Crippen LogP contribution is 2.30. The molecule has 144 valence electrons. The highest BCUT2D eigenvalue weighted by molar-refractivity contribution is 6.42. The third kappa shape index (κ3) is 4.09. The first kappa shape index (κ1) is 19.4. The molecule has 0 aliphatic heterocycles. The number of halogens is 2. The lowest BCUT2D eigenvalue weighted by Crippen LogP contribution is -2.14. The van der Waals surface area contributed by atoms with E-state index in [4.69, 9.17) is 28.2 Å². The summed E-state index contributed by atoms with van der Waals surface area (Å²) < 4.78 is 0. The summed E-state index contributed by atoms with van der Waals surface area (Å²) in [6.07, 6.45) is 0. The molecule has 2 heterocycles. The molecule has 0 bridgehead atoms. The van der Waals surface area contributed by atoms with Crippen LogP contribution >= 0.6 is 23.2 Å². The molecule has 2 aromatic heterocycles. The fraction of sp³-hybridized carbons (Fsp3) is 0.0870. The number of benzene rings is 2. The molecule has 0 aliphatic carbocycles. The van der Waals surface area contributed by atoms with Crippen LogP contribution < -0.4 is 5.32 Å². The van der Waals surface area contributed by atoms with Gasteiger partial charge in [-0.25, -0.2) is 9.97 Å². The van der Waals surface area contributed by atoms with Gasteiger partial charge in [-0.15, -0.1) is 0 Å². The van der Waals surface area contributed by atoms with Gasteiger partial charge in [0.15, 0.2) is 0 Å². The van der Waals surface area contributed by atoms with Crippen LogP contribution in [0.25, 0.3) is 22.2 Å². The van der Waals surface area contributed by atoms with Gasteiger partial charge >= 0.3 is 0 Å². The molecule has 0 atom stereocenters. The summed E-state index contributed by atoms with van der Waals surface area (Å²) in [7, 11) is 0. The molecule has 0 radical (unpaired) electrons. The first-order chi connectivity index (χ1) is 13.9. The van der Waals surface area contributed by atoms with E-state index >= 15 is 0 Å². The van der Waals surface area contributed by atoms with Crippen LogP contribution in [0.15, 0.2) is 60.7 Å². The lowest BCUT2D eigenvalue weighted by molar-refractivity contribution is 0.102. The van der Waals surface area contributed by atoms with Crippen molar-refractivity contribution in [2.75, 3.05) is 5.32 Å². The molecule has 2 aromatic carbocycles. The standard InChI is InChI=1S/C23H17Cl2N3O/c1-13-9-14(2)26-22(10-13)28-23(29)17-12-21(15-7-8-18(24)19(25)11-15)27-20-6-4-3-5-16(17)20/h3-12H,1-2H3,(H,26,28,29). The summed E-state index contributed by atoms with van der Waals surface area (Å²) in [6.45, 7) is 3.86. The fourth-order valence-corrected chi connectivity index (χ4v) is 3.55. The van der Waals surface area contributed by atoms with Crippen molar-refractivity contribution < 1.29 is 4.79 Å². The van der Waals surface area contributed by atoms with Gasteiger partial charge in [0.1, 0.15) is 5.82 Å². The van der Waals surface area contributed by atoms with Crippen LogP contribution in [0.1, 0.15) is 21.6 Å². The molecule has 6 heteroatoms. The minimum Gasteiger partial charge on any atom is -0.307 e. The zero-order valence-corrected chi connectivity index (χ0v) is 17.3. The minimum atomic E-state index is -0.248. The van der Waals surface area contributed by atoms with Gasteiger partial charge in [0.05, 0.1) is 26.8 Å². The van der Waals surface area contributed by atoms with Crippen molar-refractivity contribution in [3.63, 3.8) is 0 Å². The molecular weight excluding hydrogens is 405 g/mol. The number of pyridine rings is 2. The van der Waals surface area contributed by atoms with E-state index in [1.165, 1.54) is 0 Å². The number of amides is 1. The maximum atomic E-state index is 13.1. The molecular formula is C23H17Cl2N3O. The molecule has 0 fully saturated rings. The van der Waals surface area contributed by atoms with Gasteiger partial charge < -0.3 is 5.32 Å². The lowest BCUT2D eigenvalue weighted by atomic mass is 10.0. The van der Waals surface area contributed by atoms with Crippen molar-refractivity contribution in [3.05, 3.63) is 87.5 Å². The van der Waals surface area contributed by atoms with Gasteiger partial charge in [0, 0.05) is 16.6 Å². The molecule has 1 amide bonds. The lowest BCUT2D eigenvalue weighted by Gasteiger charge is -2.11. The highest BCUT2D eigenvalue weighted by Gasteiger charge is 2.15. The predicted molar refractivity (Wildman–Crippen MR) is 119 cm³/mol. The number of para-hydroxylation sites is 1. The van der Waals surface area contributed by atoms with Gasteiger partial charge in [-0.3, -0.25) is 4.79 Å². The van der Waals surface area contributed by atoms with E-state index in [0.717, 1.165) is 27.7 Å². The van der Waals surface area contributed by atoms with Crippen molar-refractivity contribution in [2.45, 2.75) is 13.8 Å². The van der Waals surface area contributed by atoms with Gasteiger partial charge in [-0.1, -0.05) is 47.5 Å². The molecule has 29 heavy (non-hydrogen) atoms. The van der Waals surface area contributed by atoms with Crippen LogP contribution in [0.2, 0.25) is 10.0 Å². The van der Waals surface area contributed by atoms with Crippen molar-refractivity contribution in [1.82, 2.24) is 9.97 Å². The largest absolute Gasteiger partial charge is 0.307 e. The average molecular weight is 422 g/mol. The average Bonchev–Trinajstić information content (AvgIpc) is 2.68. The molecule has 4 aromatic rings. The number of carbonyl (C=O) groups is 1. The Morgan fingerprint density at radius 3 is 2.45 bits per heavy atom. The summed E-state index contributed by atoms with van der Waals surface area (Å²) in [5, 5.41) is 4.57. The van der Waals surface area contributed by atoms with Gasteiger partial charge in [-0.05, 0) is 55.8 Å². The molecule has 0 unspecified atom stereocenters. The van der Waals surface area contributed by atoms with E-state index < -0.39 is 0 Å². The predicted octanol–water partition coefficient (Wildman–Crippen LogP) is 6.47. The fourth-order valence-electron chi connectivity index (χ4n) is 3.26. The summed E-state index contributed by atoms with van der Waals surface area (Å²) in [6, 6.07) is 18.4. The second kappa shape index (κ2) is 7.82. The molecule has 0 spiro atoms. The number of carbonyl (C=O) groups excluding carboxylic acids is 1. The van der Waals surface area contributed by atoms with Crippen LogP contribution in [0.5, 0.6) is 0 Å². The molecule has 4 rings (SSSR count). The van der Waals surface area contributed by atoms with Gasteiger partial charge in [0.25, 0.3) is 5.91 Å². The Kier molecular flexibility index (Phi) is 5.22. The summed E-state index contributed by atoms with van der Waals surface area (Å²) in [5.74, 6) is 0.270. The van der Waals surface area contributed by atoms with Crippen LogP contribution in [0.3, 0.4) is 0 Å². The smallest absolute Gasteiger partial charge is 0.257 e. The normalized spacial score (nSPS) is 10.9. The van der Waals surface area contributed by atoms with Crippen LogP contribution in [0.4, 0.5) is 5.82 Å². The number of fused-ring (bicyclic) bond motifs is 1. The van der Waals surface area contributed by atoms with E-state index in [0.29, 0.717) is 27.1 Å². The van der Waals surface area contributed by atoms with Gasteiger partial charge in [-0.2, -0.15) is 0 Å². The SMILES string of the molecule is Cc1cc(C)nc(NC(=O)c2cc(-c3ccc(Cl)c(Cl)c3)nc3ccccc23)c1. The number of hydrogen-bond donors (Lipinski definition) is 1. The Balaban J connectivity index is 1.81. The third-order valence-electron chi connectivity index (χ3n) is 4.52. The first-order valence-electron chi connectivity index (χ1n) is 9.02. The summed E-state index contributed by atoms with van der Waals surface area (Å²) >= 11 is 12.2. The molecule has 0 saturated heterocycles. The van der Waals surface area contributed by atoms with E-state index in [2.05, 4.69) is 10.3 Å². The quantitative estimate of drug-likeness (QED) is 0.412. The highest BCUT2D eigenvalue weighted by atomic mass is 35.5. The number of nitrogens with one attached hydrogen (secondary N) is 1. The first-order valence-corrected chi connectivity index (χ1v) is 9.78. The maximum Gasteiger partial charge on any atom is 0.257 e. The van der Waals surface area contributed by atoms with E-state index in [-0.39, 0.29) is 5.91 Å². The number of aryl methyl sites for hydroxylation is 2. The topological polar surface area (TPSA) is 54.9 Å². The zero-order chi connectivity index (χ0) is 20.5. The second-order valence-corrected chi connectivity index (χ2v) is 7.64. The molecule has 4 nitrogen and oxygen atoms in total. The summed E-state index contributed by atoms with van der Waals surface area (Å²) in [4.78, 5) is 22.2. The Bertz CT molecular complexity index is 1230. The van der Waals surface area contributed by atoms with Crippen LogP contribution in [-0.4, -0.2) is 15.9 Å². The van der Waals surface area contributed by atoms with E-state index in [1.54, 1.807) is 18.2 Å². The number of anilines is 1. The molecule has 0 saturated carbocycles. The van der Waals surface area contributed by atoms with E-state index in [9.17, 15) is 4.79 Å². The number of nitrogens with zero attached hydrogens (tertiary/aromatic N) is 2. The second-order valence-electron chi connectivity index (χ2n) is 6.83. The van der Waals surface area contributed by atoms with E-state index in [1.807, 2.05) is 56.3 Å². The number of rotatable bonds is 3.